The Bertz CT molecular complexity index is 70.6. The maximum absolute atomic E-state index is 8.26. The summed E-state index contributed by atoms with van der Waals surface area (Å²) in [4.78, 5) is 0. The van der Waals surface area contributed by atoms with Gasteiger partial charge in [-0.25, -0.2) is 0 Å². The molecule has 0 amide bonds. The van der Waals surface area contributed by atoms with E-state index in [1.54, 1.807) is 0 Å². The lowest BCUT2D eigenvalue weighted by Gasteiger charge is -2.05. The third-order valence-electron chi connectivity index (χ3n) is 0.575. The largest absolute Gasteiger partial charge is 0.516 e. The molecule has 0 saturated heterocycles. The van der Waals surface area contributed by atoms with Crippen LogP contribution in [0.15, 0.2) is 12.0 Å². The highest BCUT2D eigenvalue weighted by atomic mass is 28.3. The molecule has 0 spiro atoms. The first kappa shape index (κ1) is 6.76. The lowest BCUT2D eigenvalue weighted by atomic mass is 11.2. The quantitative estimate of drug-likeness (QED) is 0.410. The molecule has 0 saturated carbocycles. The van der Waals surface area contributed by atoms with Gasteiger partial charge in [-0.2, -0.15) is 0 Å². The lowest BCUT2D eigenvalue weighted by Crippen LogP contribution is -2.15. The molecule has 0 rings (SSSR count). The van der Waals surface area contributed by atoms with E-state index in [-0.39, 0.29) is 0 Å². The Balaban J connectivity index is 3.56. The second-order valence-electron chi connectivity index (χ2n) is 2.68. The molecule has 0 heterocycles. The van der Waals surface area contributed by atoms with E-state index in [0.717, 1.165) is 6.26 Å². The zero-order valence-corrected chi connectivity index (χ0v) is 6.10. The van der Waals surface area contributed by atoms with Crippen molar-refractivity contribution in [2.24, 2.45) is 0 Å². The van der Waals surface area contributed by atoms with Crippen LogP contribution in [0.4, 0.5) is 0 Å². The Hall–Kier alpha value is -0.243. The minimum absolute atomic E-state index is 1.09. The number of hydrogen-bond donors (Lipinski definition) is 1. The van der Waals surface area contributed by atoms with Crippen LogP contribution in [-0.4, -0.2) is 13.2 Å². The summed E-state index contributed by atoms with van der Waals surface area (Å²) in [6, 6.07) is 0. The summed E-state index contributed by atoms with van der Waals surface area (Å²) in [5.41, 5.74) is 1.88. The molecule has 0 aliphatic heterocycles. The molecular weight excluding hydrogens is 104 g/mol. The van der Waals surface area contributed by atoms with E-state index in [9.17, 15) is 0 Å². The van der Waals surface area contributed by atoms with Gasteiger partial charge < -0.3 is 5.11 Å². The van der Waals surface area contributed by atoms with Crippen LogP contribution in [0.1, 0.15) is 0 Å². The fraction of sp³-hybridized carbons (Fsp3) is 0.600. The van der Waals surface area contributed by atoms with Crippen molar-refractivity contribution in [1.82, 2.24) is 0 Å². The molecule has 0 unspecified atom stereocenters. The van der Waals surface area contributed by atoms with Crippen molar-refractivity contribution in [2.45, 2.75) is 19.6 Å². The van der Waals surface area contributed by atoms with Crippen molar-refractivity contribution in [3.8, 4) is 0 Å². The minimum Gasteiger partial charge on any atom is -0.516 e. The highest BCUT2D eigenvalue weighted by Gasteiger charge is 2.05. The summed E-state index contributed by atoms with van der Waals surface area (Å²) in [5, 5.41) is 8.26. The molecule has 0 atom stereocenters. The van der Waals surface area contributed by atoms with Gasteiger partial charge in [0.05, 0.1) is 14.3 Å². The summed E-state index contributed by atoms with van der Waals surface area (Å²) in [6.07, 6.45) is 1.15. The van der Waals surface area contributed by atoms with E-state index >= 15 is 0 Å². The first-order valence-electron chi connectivity index (χ1n) is 2.38. The van der Waals surface area contributed by atoms with Crippen molar-refractivity contribution in [3.63, 3.8) is 0 Å². The third-order valence-corrected chi connectivity index (χ3v) is 1.72. The van der Waals surface area contributed by atoms with Gasteiger partial charge in [-0.3, -0.25) is 0 Å². The van der Waals surface area contributed by atoms with E-state index in [4.69, 9.17) is 5.11 Å². The maximum atomic E-state index is 8.26. The summed E-state index contributed by atoms with van der Waals surface area (Å²) >= 11 is 0. The second-order valence-corrected chi connectivity index (χ2v) is 7.75. The van der Waals surface area contributed by atoms with Gasteiger partial charge in [0.1, 0.15) is 0 Å². The third kappa shape index (κ3) is 5.76. The molecule has 0 bridgehead atoms. The van der Waals surface area contributed by atoms with Gasteiger partial charge in [-0.05, 0) is 0 Å². The normalized spacial score (nSPS) is 13.0. The van der Waals surface area contributed by atoms with E-state index < -0.39 is 8.07 Å². The van der Waals surface area contributed by atoms with Crippen LogP contribution >= 0.6 is 0 Å². The SMILES string of the molecule is C[Si](C)(C)/C=C/O. The number of aliphatic hydroxyl groups is 1. The van der Waals surface area contributed by atoms with Gasteiger partial charge in [0.15, 0.2) is 0 Å². The molecular formula is C5H12OSi. The van der Waals surface area contributed by atoms with Crippen molar-refractivity contribution in [1.29, 1.82) is 0 Å². The van der Waals surface area contributed by atoms with Crippen molar-refractivity contribution in [3.05, 3.63) is 12.0 Å². The number of rotatable bonds is 1. The van der Waals surface area contributed by atoms with Crippen molar-refractivity contribution in [2.75, 3.05) is 0 Å². The van der Waals surface area contributed by atoms with Crippen molar-refractivity contribution >= 4 is 8.07 Å². The zero-order chi connectivity index (χ0) is 5.91. The first-order valence-corrected chi connectivity index (χ1v) is 5.96. The fourth-order valence-electron chi connectivity index (χ4n) is 0.224. The summed E-state index contributed by atoms with van der Waals surface area (Å²) in [5.74, 6) is 0. The molecule has 42 valence electrons. The van der Waals surface area contributed by atoms with E-state index in [1.165, 1.54) is 0 Å². The van der Waals surface area contributed by atoms with Crippen LogP contribution in [0.25, 0.3) is 0 Å². The highest BCUT2D eigenvalue weighted by molar-refractivity contribution is 6.80. The average Bonchev–Trinajstić information content (AvgIpc) is 1.30. The van der Waals surface area contributed by atoms with Crippen LogP contribution in [0.5, 0.6) is 0 Å². The molecule has 0 aromatic rings. The molecule has 0 aliphatic carbocycles. The fourth-order valence-corrected chi connectivity index (χ4v) is 0.671. The van der Waals surface area contributed by atoms with Gasteiger partial charge in [0, 0.05) is 0 Å². The second kappa shape index (κ2) is 2.16. The van der Waals surface area contributed by atoms with E-state index in [0.29, 0.717) is 0 Å². The summed E-state index contributed by atoms with van der Waals surface area (Å²) < 4.78 is 0. The van der Waals surface area contributed by atoms with E-state index in [1.807, 2.05) is 5.70 Å². The molecule has 0 aliphatic rings. The van der Waals surface area contributed by atoms with Crippen LogP contribution < -0.4 is 0 Å². The first-order chi connectivity index (χ1) is 3.06. The van der Waals surface area contributed by atoms with Gasteiger partial charge >= 0.3 is 0 Å². The summed E-state index contributed by atoms with van der Waals surface area (Å²) in [7, 11) is -1.09. The Morgan fingerprint density at radius 2 is 1.71 bits per heavy atom. The number of hydrogen-bond acceptors (Lipinski definition) is 1. The Labute approximate surface area is 45.7 Å². The Morgan fingerprint density at radius 3 is 1.71 bits per heavy atom. The molecule has 0 radical (unpaired) electrons. The highest BCUT2D eigenvalue weighted by Crippen LogP contribution is 1.99. The molecule has 7 heavy (non-hydrogen) atoms. The van der Waals surface area contributed by atoms with Crippen LogP contribution in [0, 0.1) is 0 Å². The van der Waals surface area contributed by atoms with Crippen LogP contribution in [-0.2, 0) is 0 Å². The molecule has 1 N–H and O–H groups in total. The predicted molar refractivity (Wildman–Crippen MR) is 35.1 cm³/mol. The zero-order valence-electron chi connectivity index (χ0n) is 5.10. The molecule has 2 heteroatoms. The standard InChI is InChI=1S/C5H12OSi/c1-7(2,3)5-4-6/h4-6H,1-3H3/b5-4+. The van der Waals surface area contributed by atoms with Crippen LogP contribution in [0.2, 0.25) is 19.6 Å². The van der Waals surface area contributed by atoms with Gasteiger partial charge in [0.2, 0.25) is 0 Å². The molecule has 0 fully saturated rings. The van der Waals surface area contributed by atoms with Crippen molar-refractivity contribution < 1.29 is 5.11 Å². The van der Waals surface area contributed by atoms with E-state index in [2.05, 4.69) is 19.6 Å². The monoisotopic (exact) mass is 116 g/mol. The van der Waals surface area contributed by atoms with Gasteiger partial charge in [0.25, 0.3) is 0 Å². The minimum atomic E-state index is -1.09. The Morgan fingerprint density at radius 1 is 1.29 bits per heavy atom. The summed E-state index contributed by atoms with van der Waals surface area (Å²) in [6.45, 7) is 6.50. The Kier molecular flexibility index (Phi) is 2.09. The topological polar surface area (TPSA) is 20.2 Å². The number of aliphatic hydroxyl groups excluding tert-OH is 1. The molecule has 1 nitrogen and oxygen atoms in total. The average molecular weight is 116 g/mol. The van der Waals surface area contributed by atoms with Gasteiger partial charge in [-0.1, -0.05) is 25.3 Å². The lowest BCUT2D eigenvalue weighted by molar-refractivity contribution is 0.474. The smallest absolute Gasteiger partial charge is 0.0726 e. The molecule has 0 aromatic carbocycles. The molecule has 0 aromatic heterocycles. The van der Waals surface area contributed by atoms with Crippen LogP contribution in [0.3, 0.4) is 0 Å². The maximum Gasteiger partial charge on any atom is 0.0726 e. The predicted octanol–water partition coefficient (Wildman–Crippen LogP) is 1.94. The van der Waals surface area contributed by atoms with Gasteiger partial charge in [-0.15, -0.1) is 0 Å².